The summed E-state index contributed by atoms with van der Waals surface area (Å²) >= 11 is 0. The standard InChI is InChI=1S/C21H31N3O5S/c1-30(27,28)23-15-19(25)24-12-10-21(11-13-24)9-5-2-6-14-29-18-8-4-3-7-17(18)20(26)22-16-21/h3-4,7-8,23H,2,5-6,9-16H2,1H3,(H,22,26). The normalized spacial score (nSPS) is 20.3. The molecule has 8 nitrogen and oxygen atoms in total. The molecule has 2 heterocycles. The number of nitrogens with one attached hydrogen (secondary N) is 2. The number of carbonyl (C=O) groups excluding carboxylic acids is 2. The molecule has 2 aliphatic heterocycles. The summed E-state index contributed by atoms with van der Waals surface area (Å²) in [4.78, 5) is 26.8. The largest absolute Gasteiger partial charge is 0.493 e. The third-order valence-corrected chi connectivity index (χ3v) is 6.70. The molecular weight excluding hydrogens is 406 g/mol. The van der Waals surface area contributed by atoms with Crippen molar-refractivity contribution < 1.29 is 22.7 Å². The highest BCUT2D eigenvalue weighted by Gasteiger charge is 2.36. The van der Waals surface area contributed by atoms with Gasteiger partial charge in [0, 0.05) is 19.6 Å². The molecule has 0 atom stereocenters. The Morgan fingerprint density at radius 2 is 1.90 bits per heavy atom. The van der Waals surface area contributed by atoms with Crippen molar-refractivity contribution in [3.8, 4) is 5.75 Å². The van der Waals surface area contributed by atoms with Crippen LogP contribution in [0.15, 0.2) is 24.3 Å². The first-order valence-corrected chi connectivity index (χ1v) is 12.4. The van der Waals surface area contributed by atoms with Crippen molar-refractivity contribution in [2.45, 2.75) is 38.5 Å². The zero-order valence-electron chi connectivity index (χ0n) is 17.5. The van der Waals surface area contributed by atoms with E-state index in [0.29, 0.717) is 37.6 Å². The van der Waals surface area contributed by atoms with E-state index >= 15 is 0 Å². The van der Waals surface area contributed by atoms with E-state index in [1.807, 2.05) is 18.2 Å². The number of nitrogens with zero attached hydrogens (tertiary/aromatic N) is 1. The van der Waals surface area contributed by atoms with Gasteiger partial charge >= 0.3 is 0 Å². The molecule has 30 heavy (non-hydrogen) atoms. The fourth-order valence-corrected chi connectivity index (χ4v) is 4.54. The molecule has 2 N–H and O–H groups in total. The van der Waals surface area contributed by atoms with E-state index in [2.05, 4.69) is 10.0 Å². The highest BCUT2D eigenvalue weighted by Crippen LogP contribution is 2.37. The van der Waals surface area contributed by atoms with Crippen LogP contribution in [-0.2, 0) is 14.8 Å². The second kappa shape index (κ2) is 9.78. The van der Waals surface area contributed by atoms with Crippen molar-refractivity contribution in [2.75, 3.05) is 39.0 Å². The lowest BCUT2D eigenvalue weighted by atomic mass is 9.74. The SMILES string of the molecule is CS(=O)(=O)NCC(=O)N1CCC2(CCCCCOc3ccccc3C(=O)NC2)CC1. The van der Waals surface area contributed by atoms with Crippen LogP contribution in [-0.4, -0.2) is 64.2 Å². The molecule has 3 rings (SSSR count). The highest BCUT2D eigenvalue weighted by atomic mass is 32.2. The molecule has 0 aliphatic carbocycles. The first-order chi connectivity index (χ1) is 14.3. The van der Waals surface area contributed by atoms with Crippen molar-refractivity contribution in [1.29, 1.82) is 0 Å². The van der Waals surface area contributed by atoms with E-state index in [0.717, 1.165) is 44.8 Å². The molecule has 1 aromatic rings. The van der Waals surface area contributed by atoms with Crippen LogP contribution >= 0.6 is 0 Å². The topological polar surface area (TPSA) is 105 Å². The van der Waals surface area contributed by atoms with Crippen molar-refractivity contribution >= 4 is 21.8 Å². The number of piperidine rings is 1. The summed E-state index contributed by atoms with van der Waals surface area (Å²) in [6.07, 6.45) is 6.64. The van der Waals surface area contributed by atoms with Crippen LogP contribution in [0.1, 0.15) is 48.9 Å². The molecule has 166 valence electrons. The maximum Gasteiger partial charge on any atom is 0.255 e. The van der Waals surface area contributed by atoms with Crippen molar-refractivity contribution in [3.05, 3.63) is 29.8 Å². The molecule has 2 amide bonds. The van der Waals surface area contributed by atoms with E-state index in [9.17, 15) is 18.0 Å². The molecule has 1 spiro atoms. The van der Waals surface area contributed by atoms with Crippen molar-refractivity contribution in [2.24, 2.45) is 5.41 Å². The minimum atomic E-state index is -3.39. The lowest BCUT2D eigenvalue weighted by Gasteiger charge is -2.42. The van der Waals surface area contributed by atoms with E-state index in [1.165, 1.54) is 0 Å². The second-order valence-electron chi connectivity index (χ2n) is 8.31. The number of para-hydroxylation sites is 1. The molecule has 0 unspecified atom stereocenters. The smallest absolute Gasteiger partial charge is 0.255 e. The monoisotopic (exact) mass is 437 g/mol. The number of benzene rings is 1. The van der Waals surface area contributed by atoms with Crippen LogP contribution in [0.4, 0.5) is 0 Å². The van der Waals surface area contributed by atoms with Crippen LogP contribution in [0, 0.1) is 5.41 Å². The van der Waals surface area contributed by atoms with Gasteiger partial charge in [0.15, 0.2) is 0 Å². The Morgan fingerprint density at radius 1 is 1.17 bits per heavy atom. The molecule has 1 saturated heterocycles. The number of hydrogen-bond donors (Lipinski definition) is 2. The zero-order chi connectivity index (χ0) is 21.6. The Bertz CT molecular complexity index is 863. The van der Waals surface area contributed by atoms with E-state index in [4.69, 9.17) is 4.74 Å². The number of sulfonamides is 1. The van der Waals surface area contributed by atoms with Gasteiger partial charge in [-0.05, 0) is 43.2 Å². The molecule has 9 heteroatoms. The number of hydrogen-bond acceptors (Lipinski definition) is 5. The van der Waals surface area contributed by atoms with Crippen molar-refractivity contribution in [1.82, 2.24) is 14.9 Å². The molecule has 0 bridgehead atoms. The van der Waals surface area contributed by atoms with Gasteiger partial charge in [-0.25, -0.2) is 13.1 Å². The van der Waals surface area contributed by atoms with Gasteiger partial charge in [-0.15, -0.1) is 0 Å². The van der Waals surface area contributed by atoms with Crippen LogP contribution in [0.3, 0.4) is 0 Å². The first-order valence-electron chi connectivity index (χ1n) is 10.5. The molecule has 1 aromatic carbocycles. The maximum absolute atomic E-state index is 12.8. The van der Waals surface area contributed by atoms with Crippen LogP contribution in [0.5, 0.6) is 5.75 Å². The third-order valence-electron chi connectivity index (χ3n) is 6.03. The number of ether oxygens (including phenoxy) is 1. The lowest BCUT2D eigenvalue weighted by Crippen LogP contribution is -2.50. The summed E-state index contributed by atoms with van der Waals surface area (Å²) in [5.41, 5.74) is 0.499. The molecule has 1 fully saturated rings. The van der Waals surface area contributed by atoms with Gasteiger partial charge in [0.05, 0.1) is 25.0 Å². The highest BCUT2D eigenvalue weighted by molar-refractivity contribution is 7.88. The third kappa shape index (κ3) is 6.18. The van der Waals surface area contributed by atoms with Crippen molar-refractivity contribution in [3.63, 3.8) is 0 Å². The number of fused-ring (bicyclic) bond motifs is 1. The predicted octanol–water partition coefficient (Wildman–Crippen LogP) is 1.53. The van der Waals surface area contributed by atoms with Gasteiger partial charge in [-0.3, -0.25) is 9.59 Å². The Kier molecular flexibility index (Phi) is 7.36. The number of rotatable bonds is 3. The Labute approximate surface area is 178 Å². The van der Waals surface area contributed by atoms with E-state index < -0.39 is 10.0 Å². The fourth-order valence-electron chi connectivity index (χ4n) is 4.15. The summed E-state index contributed by atoms with van der Waals surface area (Å²) in [6.45, 7) is 2.08. The van der Waals surface area contributed by atoms with Crippen LogP contribution in [0.2, 0.25) is 0 Å². The zero-order valence-corrected chi connectivity index (χ0v) is 18.3. The predicted molar refractivity (Wildman–Crippen MR) is 114 cm³/mol. The Balaban J connectivity index is 1.64. The molecule has 2 aliphatic rings. The molecule has 0 saturated carbocycles. The average molecular weight is 438 g/mol. The van der Waals surface area contributed by atoms with Gasteiger partial charge in [0.1, 0.15) is 5.75 Å². The summed E-state index contributed by atoms with van der Waals surface area (Å²) in [5, 5.41) is 3.09. The average Bonchev–Trinajstić information content (AvgIpc) is 2.72. The van der Waals surface area contributed by atoms with E-state index in [1.54, 1.807) is 11.0 Å². The quantitative estimate of drug-likeness (QED) is 0.746. The number of carbonyl (C=O) groups is 2. The summed E-state index contributed by atoms with van der Waals surface area (Å²) in [7, 11) is -3.39. The van der Waals surface area contributed by atoms with Gasteiger partial charge in [-0.2, -0.15) is 0 Å². The van der Waals surface area contributed by atoms with Gasteiger partial charge in [0.2, 0.25) is 15.9 Å². The van der Waals surface area contributed by atoms with E-state index in [-0.39, 0.29) is 23.8 Å². The fraction of sp³-hybridized carbons (Fsp3) is 0.619. The number of likely N-dealkylation sites (tertiary alicyclic amines) is 1. The lowest BCUT2D eigenvalue weighted by molar-refractivity contribution is -0.132. The van der Waals surface area contributed by atoms with Gasteiger partial charge in [0.25, 0.3) is 5.91 Å². The summed E-state index contributed by atoms with van der Waals surface area (Å²) in [6, 6.07) is 7.30. The number of amides is 2. The van der Waals surface area contributed by atoms with Gasteiger partial charge < -0.3 is 15.0 Å². The molecule has 0 radical (unpaired) electrons. The molecular formula is C21H31N3O5S. The van der Waals surface area contributed by atoms with Gasteiger partial charge in [-0.1, -0.05) is 25.0 Å². The first kappa shape index (κ1) is 22.6. The second-order valence-corrected chi connectivity index (χ2v) is 10.1. The summed E-state index contributed by atoms with van der Waals surface area (Å²) in [5.74, 6) is 0.267. The molecule has 0 aromatic heterocycles. The van der Waals surface area contributed by atoms with Crippen LogP contribution in [0.25, 0.3) is 0 Å². The Hall–Kier alpha value is -2.13. The Morgan fingerprint density at radius 3 is 2.63 bits per heavy atom. The minimum Gasteiger partial charge on any atom is -0.493 e. The van der Waals surface area contributed by atoms with Crippen LogP contribution < -0.4 is 14.8 Å². The summed E-state index contributed by atoms with van der Waals surface area (Å²) < 4.78 is 30.5. The minimum absolute atomic E-state index is 0.0499. The maximum atomic E-state index is 12.8.